The van der Waals surface area contributed by atoms with E-state index in [0.717, 1.165) is 22.3 Å². The molecule has 79 heavy (non-hydrogen) atoms. The fourth-order valence-corrected chi connectivity index (χ4v) is 13.1. The minimum absolute atomic E-state index is 0.00932. The number of fused-ring (bicyclic) bond motifs is 1. The van der Waals surface area contributed by atoms with Gasteiger partial charge in [0.05, 0.1) is 48.0 Å². The number of methoxy groups -OCH3 is 1. The second-order valence-corrected chi connectivity index (χ2v) is 25.4. The van der Waals surface area contributed by atoms with E-state index in [9.17, 15) is 43.7 Å². The van der Waals surface area contributed by atoms with Crippen molar-refractivity contribution in [1.82, 2.24) is 15.1 Å². The number of likely N-dealkylation sites (N-methyl/N-ethyl adjacent to an activating group) is 1. The Kier molecular flexibility index (Phi) is 21.9. The number of aliphatic hydroxyl groups is 5. The summed E-state index contributed by atoms with van der Waals surface area (Å²) in [5.41, 5.74) is -0.0431. The highest BCUT2D eigenvalue weighted by molar-refractivity contribution is 7.84. The Hall–Kier alpha value is -3.54. The molecule has 0 bridgehead atoms. The molecule has 2 aromatic rings. The summed E-state index contributed by atoms with van der Waals surface area (Å²) in [6, 6.07) is 10.9. The van der Waals surface area contributed by atoms with Crippen molar-refractivity contribution in [2.45, 2.75) is 210 Å². The first kappa shape index (κ1) is 64.6. The molecule has 3 heterocycles. The van der Waals surface area contributed by atoms with Crippen LogP contribution in [0.1, 0.15) is 131 Å². The summed E-state index contributed by atoms with van der Waals surface area (Å²) in [4.78, 5) is 33.1. The molecule has 1 unspecified atom stereocenters. The molecule has 0 radical (unpaired) electrons. The van der Waals surface area contributed by atoms with Gasteiger partial charge in [-0.2, -0.15) is 0 Å². The number of ether oxygens (including phenoxy) is 6. The molecule has 0 saturated carbocycles. The van der Waals surface area contributed by atoms with E-state index < -0.39 is 113 Å². The lowest BCUT2D eigenvalue weighted by atomic mass is 9.77. The fourth-order valence-electron chi connectivity index (χ4n) is 12.5. The fraction of sp³-hybridized carbons (Fsp3) is 0.700. The lowest BCUT2D eigenvalue weighted by molar-refractivity contribution is -0.318. The van der Waals surface area contributed by atoms with Gasteiger partial charge >= 0.3 is 5.97 Å². The van der Waals surface area contributed by atoms with E-state index in [4.69, 9.17) is 28.4 Å². The monoisotopic (exact) mass is 1130 g/mol. The summed E-state index contributed by atoms with van der Waals surface area (Å²) in [5.74, 6) is -3.72. The smallest absolute Gasteiger partial charge is 0.311 e. The first-order chi connectivity index (χ1) is 36.9. The van der Waals surface area contributed by atoms with Crippen molar-refractivity contribution >= 4 is 39.9 Å². The standard InChI is InChI=1S/C60H92FN3O14S/c1-16-48-60(11,71)53(67)38(7)64(25-17-24-62-49(65)29-45-35(4)44(43-23-20-41(61)28-46(43)45)27-40-18-21-42(22-19-40)79(15)72)32-33(2)30-58(9,70)55(78-57-51(66)47(63(12)13)26-34(3)74-57)36(5)52(37(6)56(69)76-48)77-50-31-59(10,73-14)54(68)39(8)75-50/h18-23,27-28,33-34,36-39,47-48,50-55,57,66-68,70-71H,16-17,24-26,29-32H2,1-15H3,(H,62,65)/b44-27+/t33-,34-,36+,37-,38-,39+,47+,48-,50+,51-,52+,53-,54+,55-,57+,58-,59-,60-,79?/m1/s1. The number of allylic oxidation sites excluding steroid dienone is 2. The predicted octanol–water partition coefficient (Wildman–Crippen LogP) is 6.07. The van der Waals surface area contributed by atoms with Crippen LogP contribution in [-0.4, -0.2) is 189 Å². The molecule has 2 aromatic carbocycles. The minimum Gasteiger partial charge on any atom is -0.459 e. The van der Waals surface area contributed by atoms with Crippen LogP contribution in [0, 0.1) is 23.6 Å². The van der Waals surface area contributed by atoms with Crippen LogP contribution >= 0.6 is 0 Å². The van der Waals surface area contributed by atoms with E-state index in [1.165, 1.54) is 26.2 Å². The van der Waals surface area contributed by atoms with Gasteiger partial charge in [0.25, 0.3) is 0 Å². The van der Waals surface area contributed by atoms with Crippen LogP contribution in [0.5, 0.6) is 0 Å². The van der Waals surface area contributed by atoms with Gasteiger partial charge in [0, 0.05) is 73.1 Å². The van der Waals surface area contributed by atoms with Crippen molar-refractivity contribution < 1.29 is 72.1 Å². The lowest BCUT2D eigenvalue weighted by Crippen LogP contribution is -2.60. The minimum atomic E-state index is -1.97. The van der Waals surface area contributed by atoms with Crippen molar-refractivity contribution in [2.75, 3.05) is 47.1 Å². The molecule has 1 amide bonds. The van der Waals surface area contributed by atoms with E-state index in [2.05, 4.69) is 5.32 Å². The van der Waals surface area contributed by atoms with Crippen LogP contribution in [0.15, 0.2) is 52.9 Å². The Morgan fingerprint density at radius 1 is 0.962 bits per heavy atom. The SMILES string of the molecule is CC[C@H]1OC(=O)[C@H](C)[C@@H](O[C@H]2C[C@@](C)(OC)[C@@H](O)[C@H](C)O2)[C@H](C)[C@@H](O[C@@H]2O[C@H](C)C[C@H](N(C)C)[C@H]2O)[C@](C)(O)C[C@@H](C)CN(CCCNC(=O)CC2=C(C)/C(=C\c3ccc(S(C)=O)cc3)c3ccc(F)cc32)[C@H](C)[C@@H](O)[C@]1(C)O. The van der Waals surface area contributed by atoms with Crippen molar-refractivity contribution in [3.05, 3.63) is 70.5 Å². The zero-order chi connectivity index (χ0) is 58.6. The van der Waals surface area contributed by atoms with E-state index in [1.807, 2.05) is 75.0 Å². The number of carbonyl (C=O) groups excluding carboxylic acids is 2. The molecule has 3 fully saturated rings. The van der Waals surface area contributed by atoms with Crippen LogP contribution in [0.3, 0.4) is 0 Å². The van der Waals surface area contributed by atoms with Gasteiger partial charge in [-0.3, -0.25) is 18.7 Å². The van der Waals surface area contributed by atoms with Crippen LogP contribution in [0.25, 0.3) is 17.2 Å². The Balaban J connectivity index is 1.28. The van der Waals surface area contributed by atoms with E-state index in [-0.39, 0.29) is 56.2 Å². The molecule has 0 spiro atoms. The number of nitrogens with zero attached hydrogens (tertiary/aromatic N) is 2. The number of benzene rings is 2. The van der Waals surface area contributed by atoms with Crippen molar-refractivity contribution in [2.24, 2.45) is 17.8 Å². The number of halogens is 1. The van der Waals surface area contributed by atoms with Gasteiger partial charge in [-0.1, -0.05) is 39.0 Å². The number of carbonyl (C=O) groups is 2. The highest BCUT2D eigenvalue weighted by Crippen LogP contribution is 2.45. The lowest BCUT2D eigenvalue weighted by Gasteiger charge is -2.48. The molecule has 3 aliphatic heterocycles. The van der Waals surface area contributed by atoms with Gasteiger partial charge in [0.15, 0.2) is 12.6 Å². The molecule has 6 N–H and O–H groups in total. The van der Waals surface area contributed by atoms with Crippen LogP contribution in [0.4, 0.5) is 4.39 Å². The molecule has 19 heteroatoms. The molecule has 6 rings (SSSR count). The van der Waals surface area contributed by atoms with Crippen molar-refractivity contribution in [1.29, 1.82) is 0 Å². The summed E-state index contributed by atoms with van der Waals surface area (Å²) in [7, 11) is 4.10. The molecular weight excluding hydrogens is 1040 g/mol. The molecule has 1 aliphatic carbocycles. The number of aliphatic hydroxyl groups excluding tert-OH is 3. The number of hydrogen-bond acceptors (Lipinski definition) is 16. The average Bonchev–Trinajstić information content (AvgIpc) is 3.74. The third-order valence-corrected chi connectivity index (χ3v) is 18.2. The predicted molar refractivity (Wildman–Crippen MR) is 301 cm³/mol. The average molecular weight is 1130 g/mol. The maximum absolute atomic E-state index is 14.8. The summed E-state index contributed by atoms with van der Waals surface area (Å²) >= 11 is 0. The zero-order valence-corrected chi connectivity index (χ0v) is 50.1. The van der Waals surface area contributed by atoms with Gasteiger partial charge in [-0.25, -0.2) is 4.39 Å². The zero-order valence-electron chi connectivity index (χ0n) is 49.2. The Morgan fingerprint density at radius 2 is 1.63 bits per heavy atom. The van der Waals surface area contributed by atoms with E-state index in [0.29, 0.717) is 42.0 Å². The summed E-state index contributed by atoms with van der Waals surface area (Å²) in [6.45, 7) is 20.1. The number of hydrogen-bond donors (Lipinski definition) is 6. The molecular formula is C60H92FN3O14S. The normalized spacial score (nSPS) is 38.3. The first-order valence-corrected chi connectivity index (χ1v) is 29.7. The molecule has 444 valence electrons. The molecule has 19 atom stereocenters. The topological polar surface area (TPSA) is 226 Å². The number of rotatable bonds is 15. The summed E-state index contributed by atoms with van der Waals surface area (Å²) in [6.07, 6.45) is -5.48. The van der Waals surface area contributed by atoms with Gasteiger partial charge in [0.2, 0.25) is 5.91 Å². The van der Waals surface area contributed by atoms with Crippen molar-refractivity contribution in [3.8, 4) is 0 Å². The highest BCUT2D eigenvalue weighted by atomic mass is 32.2. The Bertz CT molecular complexity index is 2490. The van der Waals surface area contributed by atoms with Crippen molar-refractivity contribution in [3.63, 3.8) is 0 Å². The number of nitrogens with one attached hydrogen (secondary N) is 1. The van der Waals surface area contributed by atoms with Gasteiger partial charge < -0.3 is 64.2 Å². The van der Waals surface area contributed by atoms with Gasteiger partial charge in [-0.05, 0) is 165 Å². The number of esters is 1. The van der Waals surface area contributed by atoms with E-state index in [1.54, 1.807) is 60.8 Å². The maximum atomic E-state index is 14.8. The second kappa shape index (κ2) is 26.8. The molecule has 3 saturated heterocycles. The Labute approximate surface area is 470 Å². The summed E-state index contributed by atoms with van der Waals surface area (Å²) < 4.78 is 65.1. The second-order valence-electron chi connectivity index (χ2n) is 24.0. The molecule has 0 aromatic heterocycles. The molecule has 4 aliphatic rings. The van der Waals surface area contributed by atoms with Crippen LogP contribution in [0.2, 0.25) is 0 Å². The number of amides is 1. The first-order valence-electron chi connectivity index (χ1n) is 28.1. The van der Waals surface area contributed by atoms with Crippen LogP contribution in [-0.2, 0) is 48.8 Å². The van der Waals surface area contributed by atoms with E-state index >= 15 is 0 Å². The quantitative estimate of drug-likeness (QED) is 0.0879. The molecule has 17 nitrogen and oxygen atoms in total. The number of cyclic esters (lactones) is 1. The largest absolute Gasteiger partial charge is 0.459 e. The maximum Gasteiger partial charge on any atom is 0.311 e. The van der Waals surface area contributed by atoms with Gasteiger partial charge in [-0.15, -0.1) is 0 Å². The third-order valence-electron chi connectivity index (χ3n) is 17.3. The third kappa shape index (κ3) is 15.0. The Morgan fingerprint density at radius 3 is 2.25 bits per heavy atom. The van der Waals surface area contributed by atoms with Gasteiger partial charge in [0.1, 0.15) is 35.8 Å². The van der Waals surface area contributed by atoms with Crippen LogP contribution < -0.4 is 5.32 Å². The highest BCUT2D eigenvalue weighted by Gasteiger charge is 2.53. The summed E-state index contributed by atoms with van der Waals surface area (Å²) in [5, 5.41) is 63.6.